The fourth-order valence-corrected chi connectivity index (χ4v) is 6.94. The first kappa shape index (κ1) is 33.4. The van der Waals surface area contributed by atoms with Gasteiger partial charge in [0.15, 0.2) is 17.8 Å². The lowest BCUT2D eigenvalue weighted by Gasteiger charge is -2.28. The summed E-state index contributed by atoms with van der Waals surface area (Å²) in [4.78, 5) is 14.2. The Morgan fingerprint density at radius 1 is 1.13 bits per heavy atom. The highest BCUT2D eigenvalue weighted by Gasteiger charge is 2.26. The summed E-state index contributed by atoms with van der Waals surface area (Å²) >= 11 is 1.83. The van der Waals surface area contributed by atoms with Crippen molar-refractivity contribution < 1.29 is 23.8 Å². The minimum Gasteiger partial charge on any atom is -0.454 e. The fourth-order valence-electron chi connectivity index (χ4n) is 5.81. The lowest BCUT2D eigenvalue weighted by Crippen LogP contribution is -2.26. The maximum Gasteiger partial charge on any atom is 0.175 e. The van der Waals surface area contributed by atoms with E-state index in [1.807, 2.05) is 79.1 Å². The number of halogens is 1. The molecule has 4 bridgehead atoms. The molecule has 0 spiro atoms. The summed E-state index contributed by atoms with van der Waals surface area (Å²) in [6, 6.07) is 17.6. The minimum absolute atomic E-state index is 0.134. The molecule has 0 saturated carbocycles. The molecule has 1 atom stereocenters. The standard InChI is InChI=1S/C36H38FN3O3S.CH4O/c1-23-10-11-27-18-30(23)33-24(2)20-40(39-33)35(26-9-5-7-25(17-26)8-6-15-41)42-21-36(3,4)22-44-16-13-29-28-12-14-38-32(28)19-31(37)34(29)43-27;1-2/h5,7,9-12,14-15,17-20,35,38H,6,8,13,16,21-22H2,1-4H3;2H,1H3. The molecule has 6 rings (SSSR count). The van der Waals surface area contributed by atoms with E-state index in [1.54, 1.807) is 0 Å². The summed E-state index contributed by atoms with van der Waals surface area (Å²) in [6.07, 6.45) is 6.20. The van der Waals surface area contributed by atoms with Gasteiger partial charge in [-0.15, -0.1) is 0 Å². The number of rotatable bonds is 4. The first-order chi connectivity index (χ1) is 22.2. The van der Waals surface area contributed by atoms with E-state index in [2.05, 4.69) is 31.0 Å². The number of carbonyl (C=O) groups is 1. The molecule has 9 heteroatoms. The van der Waals surface area contributed by atoms with Crippen LogP contribution < -0.4 is 4.74 Å². The Bertz CT molecular complexity index is 1810. The number of aromatic amines is 1. The van der Waals surface area contributed by atoms with E-state index >= 15 is 4.39 Å². The predicted octanol–water partition coefficient (Wildman–Crippen LogP) is 8.20. The van der Waals surface area contributed by atoms with Gasteiger partial charge in [-0.05, 0) is 72.7 Å². The molecular formula is C37H42FN3O4S. The molecule has 5 aromatic rings. The van der Waals surface area contributed by atoms with Crippen molar-refractivity contribution in [3.63, 3.8) is 0 Å². The van der Waals surface area contributed by atoms with Crippen molar-refractivity contribution in [2.45, 2.75) is 53.2 Å². The molecule has 46 heavy (non-hydrogen) atoms. The fraction of sp³-hybridized carbons (Fsp3) is 0.351. The van der Waals surface area contributed by atoms with Crippen LogP contribution in [0.1, 0.15) is 54.3 Å². The van der Waals surface area contributed by atoms with E-state index in [4.69, 9.17) is 19.7 Å². The van der Waals surface area contributed by atoms with Gasteiger partial charge in [0.2, 0.25) is 0 Å². The molecule has 2 aromatic heterocycles. The van der Waals surface area contributed by atoms with Crippen LogP contribution in [0.2, 0.25) is 0 Å². The highest BCUT2D eigenvalue weighted by molar-refractivity contribution is 7.99. The van der Waals surface area contributed by atoms with Crippen molar-refractivity contribution in [1.29, 1.82) is 0 Å². The summed E-state index contributed by atoms with van der Waals surface area (Å²) < 4.78 is 30.6. The number of fused-ring (bicyclic) bond motifs is 8. The smallest absolute Gasteiger partial charge is 0.175 e. The highest BCUT2D eigenvalue weighted by Crippen LogP contribution is 2.38. The number of aldehydes is 1. The van der Waals surface area contributed by atoms with Crippen LogP contribution in [0.15, 0.2) is 67.0 Å². The number of aliphatic hydroxyl groups excluding tert-OH is 1. The van der Waals surface area contributed by atoms with Crippen LogP contribution in [0.25, 0.3) is 22.2 Å². The lowest BCUT2D eigenvalue weighted by molar-refractivity contribution is -0.107. The molecule has 242 valence electrons. The summed E-state index contributed by atoms with van der Waals surface area (Å²) in [6.45, 7) is 9.02. The second-order valence-electron chi connectivity index (χ2n) is 12.4. The maximum absolute atomic E-state index is 15.6. The highest BCUT2D eigenvalue weighted by atomic mass is 32.2. The molecule has 3 aromatic carbocycles. The predicted molar refractivity (Wildman–Crippen MR) is 183 cm³/mol. The van der Waals surface area contributed by atoms with Gasteiger partial charge in [0.05, 0.1) is 12.3 Å². The van der Waals surface area contributed by atoms with Gasteiger partial charge in [0.25, 0.3) is 0 Å². The second kappa shape index (κ2) is 14.7. The second-order valence-corrected chi connectivity index (χ2v) is 13.5. The number of benzene rings is 3. The van der Waals surface area contributed by atoms with Gasteiger partial charge in [-0.2, -0.15) is 16.9 Å². The van der Waals surface area contributed by atoms with E-state index in [0.717, 1.165) is 74.9 Å². The molecule has 1 aliphatic heterocycles. The van der Waals surface area contributed by atoms with Crippen molar-refractivity contribution in [2.24, 2.45) is 5.41 Å². The van der Waals surface area contributed by atoms with Crippen LogP contribution in [0, 0.1) is 25.1 Å². The zero-order chi connectivity index (χ0) is 32.8. The van der Waals surface area contributed by atoms with Crippen LogP contribution in [-0.4, -0.2) is 51.4 Å². The zero-order valence-corrected chi connectivity index (χ0v) is 27.9. The number of aliphatic hydroxyl groups is 1. The van der Waals surface area contributed by atoms with E-state index in [0.29, 0.717) is 31.6 Å². The van der Waals surface area contributed by atoms with Crippen LogP contribution >= 0.6 is 11.8 Å². The third kappa shape index (κ3) is 7.38. The normalized spacial score (nSPS) is 16.5. The van der Waals surface area contributed by atoms with Gasteiger partial charge < -0.3 is 24.4 Å². The van der Waals surface area contributed by atoms with E-state index in [1.165, 1.54) is 6.07 Å². The number of hydrogen-bond donors (Lipinski definition) is 2. The molecule has 0 aliphatic carbocycles. The van der Waals surface area contributed by atoms with E-state index < -0.39 is 6.23 Å². The number of H-pyrrole nitrogens is 1. The van der Waals surface area contributed by atoms with Crippen LogP contribution in [0.3, 0.4) is 0 Å². The third-order valence-electron chi connectivity index (χ3n) is 8.11. The number of aromatic nitrogens is 3. The molecule has 3 heterocycles. The molecule has 1 unspecified atom stereocenters. The average molecular weight is 644 g/mol. The Kier molecular flexibility index (Phi) is 10.7. The van der Waals surface area contributed by atoms with Crippen LogP contribution in [-0.2, 0) is 22.4 Å². The average Bonchev–Trinajstić information content (AvgIpc) is 3.67. The van der Waals surface area contributed by atoms with Crippen molar-refractivity contribution in [1.82, 2.24) is 14.8 Å². The number of thioether (sulfide) groups is 1. The molecule has 1 aliphatic rings. The Morgan fingerprint density at radius 2 is 1.96 bits per heavy atom. The number of nitrogens with one attached hydrogen (secondary N) is 1. The third-order valence-corrected chi connectivity index (χ3v) is 9.59. The number of nitrogens with zero attached hydrogens (tertiary/aromatic N) is 2. The maximum atomic E-state index is 15.6. The Balaban J connectivity index is 0.00000204. The first-order valence-corrected chi connectivity index (χ1v) is 16.7. The Morgan fingerprint density at radius 3 is 2.76 bits per heavy atom. The molecular weight excluding hydrogens is 601 g/mol. The van der Waals surface area contributed by atoms with Gasteiger partial charge in [0, 0.05) is 65.3 Å². The summed E-state index contributed by atoms with van der Waals surface area (Å²) in [5.74, 6) is 2.13. The van der Waals surface area contributed by atoms with Gasteiger partial charge >= 0.3 is 0 Å². The quantitative estimate of drug-likeness (QED) is 0.192. The van der Waals surface area contributed by atoms with Crippen LogP contribution in [0.4, 0.5) is 4.39 Å². The summed E-state index contributed by atoms with van der Waals surface area (Å²) in [7, 11) is 1.00. The van der Waals surface area contributed by atoms with Gasteiger partial charge in [-0.1, -0.05) is 44.2 Å². The number of carbonyl (C=O) groups excluding carboxylic acids is 1. The number of aryl methyl sites for hydroxylation is 4. The van der Waals surface area contributed by atoms with Crippen molar-refractivity contribution in [3.05, 3.63) is 101 Å². The largest absolute Gasteiger partial charge is 0.454 e. The monoisotopic (exact) mass is 643 g/mol. The van der Waals surface area contributed by atoms with E-state index in [-0.39, 0.29) is 17.0 Å². The first-order valence-electron chi connectivity index (χ1n) is 15.5. The number of ether oxygens (including phenoxy) is 2. The molecule has 0 amide bonds. The Labute approximate surface area is 274 Å². The minimum atomic E-state index is -0.446. The van der Waals surface area contributed by atoms with Crippen LogP contribution in [0.5, 0.6) is 11.5 Å². The zero-order valence-electron chi connectivity index (χ0n) is 27.1. The Hall–Kier alpha value is -3.92. The van der Waals surface area contributed by atoms with Crippen molar-refractivity contribution >= 4 is 29.0 Å². The SMILES string of the molecule is CO.Cc1ccc2cc1-c1nn(cc1C)C(c1cccc(CCC=O)c1)OCC(C)(C)CSCCc1c(c(F)cc3[nH]ccc13)O2. The van der Waals surface area contributed by atoms with Crippen molar-refractivity contribution in [3.8, 4) is 22.8 Å². The molecule has 0 saturated heterocycles. The van der Waals surface area contributed by atoms with Crippen molar-refractivity contribution in [2.75, 3.05) is 25.2 Å². The number of hydrogen-bond acceptors (Lipinski definition) is 6. The molecule has 2 N–H and O–H groups in total. The molecule has 0 radical (unpaired) electrons. The van der Waals surface area contributed by atoms with E-state index in [9.17, 15) is 4.79 Å². The van der Waals surface area contributed by atoms with Gasteiger partial charge in [-0.3, -0.25) is 0 Å². The molecule has 0 fully saturated rings. The molecule has 7 nitrogen and oxygen atoms in total. The summed E-state index contributed by atoms with van der Waals surface area (Å²) in [5.41, 5.74) is 7.34. The van der Waals surface area contributed by atoms with Gasteiger partial charge in [-0.25, -0.2) is 9.07 Å². The summed E-state index contributed by atoms with van der Waals surface area (Å²) in [5, 5.41) is 13.1. The lowest BCUT2D eigenvalue weighted by atomic mass is 9.98. The topological polar surface area (TPSA) is 89.4 Å². The van der Waals surface area contributed by atoms with Gasteiger partial charge in [0.1, 0.15) is 12.0 Å².